The van der Waals surface area contributed by atoms with Crippen LogP contribution in [0.25, 0.3) is 33.1 Å². The van der Waals surface area contributed by atoms with Gasteiger partial charge < -0.3 is 23.7 Å². The number of carbonyl (C=O) groups excluding carboxylic acids is 2. The minimum atomic E-state index is -0.316. The Kier molecular flexibility index (Phi) is 22.8. The number of pyridine rings is 2. The molecule has 5 heterocycles. The van der Waals surface area contributed by atoms with Gasteiger partial charge in [-0.15, -0.1) is 23.4 Å². The average molecular weight is 1070 g/mol. The highest BCUT2D eigenvalue weighted by molar-refractivity contribution is 5.91. The first-order chi connectivity index (χ1) is 38.0. The third-order valence-corrected chi connectivity index (χ3v) is 12.6. The van der Waals surface area contributed by atoms with E-state index in [9.17, 15) is 9.59 Å². The number of nitrogens with zero attached hydrogens (tertiary/aromatic N) is 9. The Morgan fingerprint density at radius 2 is 1.01 bits per heavy atom. The minimum absolute atomic E-state index is 0.304. The van der Waals surface area contributed by atoms with Gasteiger partial charge in [-0.05, 0) is 79.4 Å². The molecule has 10 rings (SSSR count). The van der Waals surface area contributed by atoms with Gasteiger partial charge in [-0.1, -0.05) is 66.7 Å². The Hall–Kier alpha value is -9.44. The molecule has 5 aromatic carbocycles. The number of benzene rings is 5. The molecule has 10 aromatic rings. The van der Waals surface area contributed by atoms with E-state index < -0.39 is 0 Å². The maximum atomic E-state index is 11.4. The summed E-state index contributed by atoms with van der Waals surface area (Å²) in [6.45, 7) is 4.06. The number of aryl methyl sites for hydroxylation is 6. The van der Waals surface area contributed by atoms with E-state index in [1.165, 1.54) is 30.9 Å². The van der Waals surface area contributed by atoms with Crippen molar-refractivity contribution in [2.24, 2.45) is 42.3 Å². The number of esters is 2. The standard InChI is InChI=1S/C12H12NO2.C11H13N2O.C11H13N2.C11H12NO.C10H14NO.C8H13N2O2/c1-13-8-10-6-4-3-5-9(10)7-11(13)12(14)15-2;1-12-8-5-9-13(12)10-6-3-4-7-11(10)14-2;1-10-6-3-4-7-11(10)13-9-5-8-12(13)2;1-12-8-4-6-9-5-3-7-10(13-2)11(9)12;1-11(2)8-9-6-4-5-7-10(9)12-3;1-6-5-7(8(11)12-4)10(3)9(6)2/h3-8H,1-2H3;3-9H,1-2H3;3-9H,1-2H3;3-8H,1-2H3;4-8H,1-3H3;5H,1-4H3/q6*+1. The molecule has 0 unspecified atom stereocenters. The van der Waals surface area contributed by atoms with Crippen molar-refractivity contribution in [3.8, 4) is 28.6 Å². The fourth-order valence-electron chi connectivity index (χ4n) is 8.27. The number of aromatic nitrogens is 8. The van der Waals surface area contributed by atoms with E-state index in [0.717, 1.165) is 50.5 Å². The fraction of sp³-hybridized carbons (Fsp3) is 0.238. The van der Waals surface area contributed by atoms with Crippen LogP contribution in [0.15, 0.2) is 189 Å². The summed E-state index contributed by atoms with van der Waals surface area (Å²) in [5.41, 5.74) is 7.94. The number of methoxy groups -OCH3 is 5. The first-order valence-electron chi connectivity index (χ1n) is 25.4. The second-order valence-electron chi connectivity index (χ2n) is 18.2. The molecular formula is C63H77N9O7+6. The van der Waals surface area contributed by atoms with E-state index in [4.69, 9.17) is 18.9 Å². The zero-order valence-electron chi connectivity index (χ0n) is 48.4. The lowest BCUT2D eigenvalue weighted by molar-refractivity contribution is -0.753. The molecule has 0 aliphatic heterocycles. The van der Waals surface area contributed by atoms with Gasteiger partial charge >= 0.3 is 17.6 Å². The zero-order chi connectivity index (χ0) is 57.6. The second-order valence-corrected chi connectivity index (χ2v) is 18.2. The summed E-state index contributed by atoms with van der Waals surface area (Å²) < 4.78 is 42.8. The van der Waals surface area contributed by atoms with E-state index in [1.807, 2.05) is 228 Å². The Morgan fingerprint density at radius 1 is 0.506 bits per heavy atom. The van der Waals surface area contributed by atoms with Gasteiger partial charge in [0.2, 0.25) is 0 Å². The van der Waals surface area contributed by atoms with Crippen LogP contribution in [0.5, 0.6) is 17.2 Å². The van der Waals surface area contributed by atoms with Crippen LogP contribution in [0.1, 0.15) is 37.8 Å². The molecule has 0 saturated carbocycles. The highest BCUT2D eigenvalue weighted by atomic mass is 16.5. The molecule has 79 heavy (non-hydrogen) atoms. The molecule has 0 aliphatic rings. The van der Waals surface area contributed by atoms with Crippen LogP contribution < -0.4 is 37.4 Å². The molecule has 0 radical (unpaired) electrons. The van der Waals surface area contributed by atoms with Gasteiger partial charge in [0, 0.05) is 35.7 Å². The highest BCUT2D eigenvalue weighted by Gasteiger charge is 2.22. The first-order valence-corrected chi connectivity index (χ1v) is 25.4. The van der Waals surface area contributed by atoms with Crippen LogP contribution in [-0.4, -0.2) is 86.4 Å². The lowest BCUT2D eigenvalue weighted by Gasteiger charge is -2.05. The van der Waals surface area contributed by atoms with Crippen molar-refractivity contribution in [1.82, 2.24) is 14.0 Å². The van der Waals surface area contributed by atoms with E-state index in [0.29, 0.717) is 11.4 Å². The summed E-state index contributed by atoms with van der Waals surface area (Å²) in [5.74, 6) is 2.08. The molecule has 0 bridgehead atoms. The van der Waals surface area contributed by atoms with Gasteiger partial charge in [-0.2, -0.15) is 13.8 Å². The largest absolute Gasteiger partial charge is 0.496 e. The number of hydrogen-bond donors (Lipinski definition) is 0. The quantitative estimate of drug-likeness (QED) is 0.0887. The van der Waals surface area contributed by atoms with Crippen molar-refractivity contribution in [2.75, 3.05) is 49.6 Å². The van der Waals surface area contributed by atoms with Crippen LogP contribution in [0.2, 0.25) is 0 Å². The molecule has 0 spiro atoms. The number of carbonyl (C=O) groups is 2. The molecule has 0 aliphatic carbocycles. The third kappa shape index (κ3) is 16.3. The minimum Gasteiger partial charge on any atom is -0.496 e. The number of hydrogen-bond acceptors (Lipinski definition) is 7. The summed E-state index contributed by atoms with van der Waals surface area (Å²) in [6, 6.07) is 50.0. The van der Waals surface area contributed by atoms with E-state index in [-0.39, 0.29) is 11.9 Å². The van der Waals surface area contributed by atoms with Crippen LogP contribution in [0.4, 0.5) is 0 Å². The van der Waals surface area contributed by atoms with E-state index in [2.05, 4.69) is 68.2 Å². The third-order valence-electron chi connectivity index (χ3n) is 12.6. The Balaban J connectivity index is 0.000000175. The maximum absolute atomic E-state index is 11.4. The number of rotatable bonds is 8. The molecular weight excluding hydrogens is 995 g/mol. The lowest BCUT2D eigenvalue weighted by Crippen LogP contribution is -2.42. The molecule has 16 heteroatoms. The Morgan fingerprint density at radius 3 is 1.57 bits per heavy atom. The van der Waals surface area contributed by atoms with Crippen molar-refractivity contribution >= 4 is 39.8 Å². The van der Waals surface area contributed by atoms with Gasteiger partial charge in [0.25, 0.3) is 11.2 Å². The van der Waals surface area contributed by atoms with Gasteiger partial charge in [0.05, 0.1) is 71.6 Å². The maximum Gasteiger partial charge on any atom is 0.405 e. The monoisotopic (exact) mass is 1070 g/mol. The Labute approximate surface area is 464 Å². The van der Waals surface area contributed by atoms with Crippen LogP contribution in [0.3, 0.4) is 0 Å². The predicted molar refractivity (Wildman–Crippen MR) is 306 cm³/mol. The number of fused-ring (bicyclic) bond motifs is 2. The second kappa shape index (κ2) is 29.8. The lowest BCUT2D eigenvalue weighted by atomic mass is 10.1. The number of para-hydroxylation sites is 5. The summed E-state index contributed by atoms with van der Waals surface area (Å²) in [6.07, 6.45) is 14.0. The molecule has 0 atom stereocenters. The van der Waals surface area contributed by atoms with Crippen molar-refractivity contribution in [1.29, 1.82) is 0 Å². The van der Waals surface area contributed by atoms with Gasteiger partial charge in [-0.3, -0.25) is 0 Å². The molecule has 0 fully saturated rings. The molecule has 0 N–H and O–H groups in total. The van der Waals surface area contributed by atoms with Gasteiger partial charge in [0.15, 0.2) is 57.9 Å². The Bertz CT molecular complexity index is 3620. The van der Waals surface area contributed by atoms with Crippen LogP contribution >= 0.6 is 0 Å². The number of ether oxygens (including phenoxy) is 5. The fourth-order valence-corrected chi connectivity index (χ4v) is 8.27. The molecule has 410 valence electrons. The SMILES string of the molecule is COC(=O)c1cc(C)n(C)[n+]1C.COC(=O)c1cc2ccccc2c[n+]1C.COc1cccc2ccc[n+](C)c12.COc1ccccc1-n1ccc[n+]1C.COc1ccccc1C=[N+](C)C.Cc1ccccc1-n1ccc[n+]1C. The van der Waals surface area contributed by atoms with Crippen molar-refractivity contribution in [3.05, 3.63) is 217 Å². The summed E-state index contributed by atoms with van der Waals surface area (Å²) >= 11 is 0. The van der Waals surface area contributed by atoms with Gasteiger partial charge in [0.1, 0.15) is 51.1 Å². The van der Waals surface area contributed by atoms with E-state index >= 15 is 0 Å². The summed E-state index contributed by atoms with van der Waals surface area (Å²) in [7, 11) is 23.4. The summed E-state index contributed by atoms with van der Waals surface area (Å²) in [4.78, 5) is 22.6. The first kappa shape index (κ1) is 60.4. The van der Waals surface area contributed by atoms with Crippen LogP contribution in [-0.2, 0) is 51.8 Å². The van der Waals surface area contributed by atoms with Crippen molar-refractivity contribution < 1.29 is 61.0 Å². The molecule has 0 amide bonds. The van der Waals surface area contributed by atoms with Crippen molar-refractivity contribution in [3.63, 3.8) is 0 Å². The van der Waals surface area contributed by atoms with Crippen molar-refractivity contribution in [2.45, 2.75) is 13.8 Å². The zero-order valence-corrected chi connectivity index (χ0v) is 48.4. The van der Waals surface area contributed by atoms with Crippen LogP contribution in [0, 0.1) is 13.8 Å². The highest BCUT2D eigenvalue weighted by Crippen LogP contribution is 2.22. The molecule has 16 nitrogen and oxygen atoms in total. The normalized spacial score (nSPS) is 10.1. The van der Waals surface area contributed by atoms with Gasteiger partial charge in [-0.25, -0.2) is 14.2 Å². The molecule has 0 saturated heterocycles. The predicted octanol–water partition coefficient (Wildman–Crippen LogP) is 7.38. The molecule has 5 aromatic heterocycles. The smallest absolute Gasteiger partial charge is 0.405 e. The van der Waals surface area contributed by atoms with E-state index in [1.54, 1.807) is 36.6 Å². The topological polar surface area (TPSA) is 117 Å². The summed E-state index contributed by atoms with van der Waals surface area (Å²) in [5, 5.41) is 3.34. The average Bonchev–Trinajstić information content (AvgIpc) is 4.17.